The molecule has 2 aromatic carbocycles. The highest BCUT2D eigenvalue weighted by Crippen LogP contribution is 2.45. The monoisotopic (exact) mass is 450 g/mol. The number of halogens is 1. The van der Waals surface area contributed by atoms with Crippen molar-refractivity contribution in [2.24, 2.45) is 4.99 Å². The minimum Gasteiger partial charge on any atom is -0.354 e. The summed E-state index contributed by atoms with van der Waals surface area (Å²) in [7, 11) is 0. The lowest BCUT2D eigenvalue weighted by atomic mass is 10.0. The fourth-order valence-electron chi connectivity index (χ4n) is 4.23. The van der Waals surface area contributed by atoms with Crippen LogP contribution in [-0.2, 0) is 4.79 Å². The van der Waals surface area contributed by atoms with Crippen molar-refractivity contribution in [3.63, 3.8) is 0 Å². The minimum atomic E-state index is -0.500. The van der Waals surface area contributed by atoms with E-state index in [0.717, 1.165) is 37.8 Å². The van der Waals surface area contributed by atoms with E-state index in [-0.39, 0.29) is 23.4 Å². The number of guanidine groups is 1. The molecule has 0 spiro atoms. The smallest absolute Gasteiger partial charge is 0.280 e. The van der Waals surface area contributed by atoms with Crippen LogP contribution >= 0.6 is 0 Å². The third kappa shape index (κ3) is 4.98. The lowest BCUT2D eigenvalue weighted by molar-refractivity contribution is -0.117. The quantitative estimate of drug-likeness (QED) is 0.463. The number of nitrogens with zero attached hydrogens (tertiary/aromatic N) is 1. The fraction of sp³-hybridized carbons (Fsp3) is 0.375. The van der Waals surface area contributed by atoms with Crippen molar-refractivity contribution in [2.45, 2.75) is 37.6 Å². The van der Waals surface area contributed by atoms with Gasteiger partial charge in [-0.25, -0.2) is 4.39 Å². The summed E-state index contributed by atoms with van der Waals surface area (Å²) in [6, 6.07) is 10.0. The molecule has 3 aliphatic rings. The van der Waals surface area contributed by atoms with Gasteiger partial charge in [-0.2, -0.15) is 4.99 Å². The third-order valence-corrected chi connectivity index (χ3v) is 6.08. The molecule has 2 saturated heterocycles. The molecule has 172 valence electrons. The number of hydrogen-bond acceptors (Lipinski definition) is 4. The summed E-state index contributed by atoms with van der Waals surface area (Å²) in [6.45, 7) is 2.25. The fourth-order valence-corrected chi connectivity index (χ4v) is 4.23. The van der Waals surface area contributed by atoms with Crippen LogP contribution in [-0.4, -0.2) is 43.5 Å². The second kappa shape index (κ2) is 9.19. The number of rotatable bonds is 6. The molecule has 0 bridgehead atoms. The Morgan fingerprint density at radius 3 is 2.52 bits per heavy atom. The number of anilines is 3. The zero-order valence-electron chi connectivity index (χ0n) is 18.2. The minimum absolute atomic E-state index is 0.0646. The average molecular weight is 451 g/mol. The van der Waals surface area contributed by atoms with E-state index >= 15 is 4.39 Å². The summed E-state index contributed by atoms with van der Waals surface area (Å²) in [6.07, 6.45) is 3.71. The average Bonchev–Trinajstić information content (AvgIpc) is 3.26. The number of carbonyl (C=O) groups is 2. The van der Waals surface area contributed by atoms with Crippen LogP contribution < -0.4 is 26.6 Å². The third-order valence-electron chi connectivity index (χ3n) is 6.08. The van der Waals surface area contributed by atoms with Gasteiger partial charge in [0.25, 0.3) is 5.91 Å². The molecule has 5 N–H and O–H groups in total. The Labute approximate surface area is 191 Å². The number of benzene rings is 2. The van der Waals surface area contributed by atoms with Gasteiger partial charge in [0.2, 0.25) is 5.91 Å². The van der Waals surface area contributed by atoms with Gasteiger partial charge in [-0.1, -0.05) is 6.07 Å². The molecule has 33 heavy (non-hydrogen) atoms. The highest BCUT2D eigenvalue weighted by Gasteiger charge is 2.29. The van der Waals surface area contributed by atoms with E-state index in [1.165, 1.54) is 6.07 Å². The zero-order valence-corrected chi connectivity index (χ0v) is 18.2. The van der Waals surface area contributed by atoms with Crippen molar-refractivity contribution >= 4 is 34.8 Å². The largest absolute Gasteiger partial charge is 0.354 e. The van der Waals surface area contributed by atoms with E-state index in [4.69, 9.17) is 0 Å². The molecule has 1 atom stereocenters. The van der Waals surface area contributed by atoms with Crippen LogP contribution in [0, 0.1) is 5.82 Å². The van der Waals surface area contributed by atoms with Crippen molar-refractivity contribution in [2.75, 3.05) is 30.3 Å². The van der Waals surface area contributed by atoms with Crippen LogP contribution in [0.4, 0.5) is 21.5 Å². The molecule has 5 rings (SSSR count). The second-order valence-corrected chi connectivity index (χ2v) is 8.66. The van der Waals surface area contributed by atoms with E-state index in [1.807, 2.05) is 18.2 Å². The Hall–Kier alpha value is -3.46. The predicted molar refractivity (Wildman–Crippen MR) is 126 cm³/mol. The first kappa shape index (κ1) is 21.4. The van der Waals surface area contributed by atoms with Crippen LogP contribution in [0.2, 0.25) is 0 Å². The number of carbonyl (C=O) groups excluding carboxylic acids is 2. The SMILES string of the molecule is O=C(N=C1NCCN1)c1cc(F)c(Nc2cccc(NC(=O)C3CCCN3)c2)c(C2CC2)c1. The molecule has 2 aromatic rings. The summed E-state index contributed by atoms with van der Waals surface area (Å²) in [5.41, 5.74) is 2.67. The van der Waals surface area contributed by atoms with Crippen LogP contribution in [0.3, 0.4) is 0 Å². The molecule has 3 fully saturated rings. The molecule has 1 saturated carbocycles. The van der Waals surface area contributed by atoms with Gasteiger partial charge in [0.05, 0.1) is 11.7 Å². The van der Waals surface area contributed by atoms with Crippen LogP contribution in [0.5, 0.6) is 0 Å². The summed E-state index contributed by atoms with van der Waals surface area (Å²) in [5.74, 6) is -0.418. The maximum absolute atomic E-state index is 15.2. The van der Waals surface area contributed by atoms with Crippen LogP contribution in [0.25, 0.3) is 0 Å². The Bertz CT molecular complexity index is 1100. The van der Waals surface area contributed by atoms with Gasteiger partial charge in [0.1, 0.15) is 5.82 Å². The molecule has 1 unspecified atom stereocenters. The Balaban J connectivity index is 1.36. The summed E-state index contributed by atoms with van der Waals surface area (Å²) in [4.78, 5) is 29.0. The molecule has 9 heteroatoms. The van der Waals surface area contributed by atoms with E-state index in [1.54, 1.807) is 12.1 Å². The maximum atomic E-state index is 15.2. The predicted octanol–water partition coefficient (Wildman–Crippen LogP) is 2.83. The van der Waals surface area contributed by atoms with E-state index in [9.17, 15) is 9.59 Å². The summed E-state index contributed by atoms with van der Waals surface area (Å²) < 4.78 is 15.2. The number of amides is 2. The van der Waals surface area contributed by atoms with Crippen molar-refractivity contribution in [1.29, 1.82) is 0 Å². The molecule has 8 nitrogen and oxygen atoms in total. The summed E-state index contributed by atoms with van der Waals surface area (Å²) >= 11 is 0. The van der Waals surface area contributed by atoms with Crippen LogP contribution in [0.1, 0.15) is 47.5 Å². The van der Waals surface area contributed by atoms with Gasteiger partial charge in [-0.3, -0.25) is 9.59 Å². The molecule has 2 aliphatic heterocycles. The highest BCUT2D eigenvalue weighted by atomic mass is 19.1. The summed E-state index contributed by atoms with van der Waals surface area (Å²) in [5, 5.41) is 15.2. The maximum Gasteiger partial charge on any atom is 0.280 e. The number of aliphatic imine (C=N–C) groups is 1. The first-order valence-corrected chi connectivity index (χ1v) is 11.4. The normalized spacial score (nSPS) is 19.5. The van der Waals surface area contributed by atoms with E-state index in [2.05, 4.69) is 31.6 Å². The van der Waals surface area contributed by atoms with Crippen LogP contribution in [0.15, 0.2) is 41.4 Å². The van der Waals surface area contributed by atoms with Crippen molar-refractivity contribution < 1.29 is 14.0 Å². The Kier molecular flexibility index (Phi) is 5.95. The van der Waals surface area contributed by atoms with E-state index < -0.39 is 11.7 Å². The zero-order chi connectivity index (χ0) is 22.8. The lowest BCUT2D eigenvalue weighted by Gasteiger charge is -2.16. The van der Waals surface area contributed by atoms with Gasteiger partial charge >= 0.3 is 0 Å². The molecule has 0 radical (unpaired) electrons. The van der Waals surface area contributed by atoms with Crippen molar-refractivity contribution in [3.8, 4) is 0 Å². The number of hydrogen-bond donors (Lipinski definition) is 5. The Morgan fingerprint density at radius 2 is 1.79 bits per heavy atom. The van der Waals surface area contributed by atoms with Gasteiger partial charge in [0.15, 0.2) is 5.96 Å². The van der Waals surface area contributed by atoms with Gasteiger partial charge < -0.3 is 26.6 Å². The van der Waals surface area contributed by atoms with Crippen molar-refractivity contribution in [3.05, 3.63) is 53.3 Å². The molecular formula is C24H27FN6O2. The molecule has 2 amide bonds. The first-order chi connectivity index (χ1) is 16.1. The Morgan fingerprint density at radius 1 is 1.00 bits per heavy atom. The molecule has 2 heterocycles. The molecule has 0 aromatic heterocycles. The van der Waals surface area contributed by atoms with Gasteiger partial charge in [-0.05, 0) is 74.0 Å². The topological polar surface area (TPSA) is 107 Å². The first-order valence-electron chi connectivity index (χ1n) is 11.4. The molecule has 1 aliphatic carbocycles. The second-order valence-electron chi connectivity index (χ2n) is 8.66. The standard InChI is InChI=1S/C24H27FN6O2/c25-19-12-15(22(32)31-24-27-9-10-28-24)11-18(14-6-7-14)21(19)29-16-3-1-4-17(13-16)30-23(33)20-5-2-8-26-20/h1,3-4,11-14,20,26,29H,2,5-10H2,(H,30,33)(H2,27,28,31,32). The highest BCUT2D eigenvalue weighted by molar-refractivity contribution is 6.03. The number of nitrogens with one attached hydrogen (secondary N) is 5. The van der Waals surface area contributed by atoms with Gasteiger partial charge in [0, 0.05) is 30.0 Å². The van der Waals surface area contributed by atoms with Crippen molar-refractivity contribution in [1.82, 2.24) is 16.0 Å². The molecular weight excluding hydrogens is 423 g/mol. The van der Waals surface area contributed by atoms with E-state index in [0.29, 0.717) is 36.1 Å². The lowest BCUT2D eigenvalue weighted by Crippen LogP contribution is -2.35. The van der Waals surface area contributed by atoms with Gasteiger partial charge in [-0.15, -0.1) is 0 Å².